The lowest BCUT2D eigenvalue weighted by molar-refractivity contribution is -0.135. The molecule has 5 nitrogen and oxygen atoms in total. The zero-order chi connectivity index (χ0) is 13.7. The van der Waals surface area contributed by atoms with Crippen molar-refractivity contribution in [3.05, 3.63) is 47.5 Å². The molecule has 1 aromatic heterocycles. The second-order valence-corrected chi connectivity index (χ2v) is 4.52. The molecule has 0 aliphatic heterocycles. The maximum absolute atomic E-state index is 11.9. The monoisotopic (exact) mass is 271 g/mol. The molecule has 0 unspecified atom stereocenters. The van der Waals surface area contributed by atoms with Crippen LogP contribution in [-0.2, 0) is 9.59 Å². The van der Waals surface area contributed by atoms with Crippen molar-refractivity contribution in [3.8, 4) is 6.07 Å². The van der Waals surface area contributed by atoms with Gasteiger partial charge in [0.15, 0.2) is 5.13 Å². The Morgan fingerprint density at radius 1 is 1.32 bits per heavy atom. The molecule has 1 atom stereocenters. The smallest absolute Gasteiger partial charge is 0.295 e. The fourth-order valence-electron chi connectivity index (χ4n) is 1.51. The normalized spacial score (nSPS) is 11.3. The standard InChI is InChI=1S/C13H9N3O2S/c14-8-10(9-4-2-1-3-5-9)11(17)12(18)16-13-15-6-7-19-13/h1-7,10H,(H,15,16,18)/t10-/m1/s1. The molecule has 1 aromatic carbocycles. The van der Waals surface area contributed by atoms with Crippen LogP contribution in [0, 0.1) is 11.3 Å². The van der Waals surface area contributed by atoms with Gasteiger partial charge in [-0.05, 0) is 5.56 Å². The van der Waals surface area contributed by atoms with Crippen molar-refractivity contribution in [2.45, 2.75) is 5.92 Å². The van der Waals surface area contributed by atoms with E-state index >= 15 is 0 Å². The van der Waals surface area contributed by atoms with Crippen molar-refractivity contribution in [1.29, 1.82) is 5.26 Å². The SMILES string of the molecule is N#C[C@@H](C(=O)C(=O)Nc1nccs1)c1ccccc1. The van der Waals surface area contributed by atoms with Gasteiger partial charge in [-0.1, -0.05) is 30.3 Å². The molecule has 0 radical (unpaired) electrons. The number of rotatable bonds is 4. The average Bonchev–Trinajstić information content (AvgIpc) is 2.93. The molecular formula is C13H9N3O2S. The Balaban J connectivity index is 2.14. The van der Waals surface area contributed by atoms with E-state index in [1.165, 1.54) is 17.5 Å². The van der Waals surface area contributed by atoms with Gasteiger partial charge in [0.1, 0.15) is 5.92 Å². The highest BCUT2D eigenvalue weighted by Crippen LogP contribution is 2.17. The van der Waals surface area contributed by atoms with Crippen LogP contribution in [0.5, 0.6) is 0 Å². The van der Waals surface area contributed by atoms with E-state index in [9.17, 15) is 9.59 Å². The minimum Gasteiger partial charge on any atom is -0.295 e. The number of ketones is 1. The summed E-state index contributed by atoms with van der Waals surface area (Å²) in [6, 6.07) is 10.3. The largest absolute Gasteiger partial charge is 0.295 e. The summed E-state index contributed by atoms with van der Waals surface area (Å²) in [6.45, 7) is 0. The summed E-state index contributed by atoms with van der Waals surface area (Å²) in [6.07, 6.45) is 1.52. The number of nitriles is 1. The fraction of sp³-hybridized carbons (Fsp3) is 0.0769. The van der Waals surface area contributed by atoms with E-state index in [-0.39, 0.29) is 0 Å². The number of hydrogen-bond acceptors (Lipinski definition) is 5. The van der Waals surface area contributed by atoms with E-state index in [1.54, 1.807) is 35.7 Å². The molecule has 0 bridgehead atoms. The van der Waals surface area contributed by atoms with Crippen molar-refractivity contribution >= 4 is 28.2 Å². The molecule has 0 aliphatic carbocycles. The molecule has 1 N–H and O–H groups in total. The topological polar surface area (TPSA) is 82.8 Å². The van der Waals surface area contributed by atoms with Gasteiger partial charge in [0.2, 0.25) is 5.78 Å². The highest BCUT2D eigenvalue weighted by atomic mass is 32.1. The van der Waals surface area contributed by atoms with Crippen LogP contribution in [0.25, 0.3) is 0 Å². The average molecular weight is 271 g/mol. The minimum atomic E-state index is -1.10. The zero-order valence-corrected chi connectivity index (χ0v) is 10.6. The molecule has 0 spiro atoms. The van der Waals surface area contributed by atoms with Crippen LogP contribution in [0.4, 0.5) is 5.13 Å². The van der Waals surface area contributed by atoms with Gasteiger partial charge in [-0.2, -0.15) is 5.26 Å². The van der Waals surface area contributed by atoms with Gasteiger partial charge in [0.05, 0.1) is 6.07 Å². The van der Waals surface area contributed by atoms with E-state index in [0.717, 1.165) is 0 Å². The first-order valence-electron chi connectivity index (χ1n) is 5.41. The summed E-state index contributed by atoms with van der Waals surface area (Å²) < 4.78 is 0. The van der Waals surface area contributed by atoms with Crippen LogP contribution < -0.4 is 5.32 Å². The molecular weight excluding hydrogens is 262 g/mol. The number of thiazole rings is 1. The number of anilines is 1. The first-order valence-corrected chi connectivity index (χ1v) is 6.29. The second-order valence-electron chi connectivity index (χ2n) is 3.63. The van der Waals surface area contributed by atoms with Crippen LogP contribution in [0.15, 0.2) is 41.9 Å². The van der Waals surface area contributed by atoms with Crippen molar-refractivity contribution in [2.24, 2.45) is 0 Å². The quantitative estimate of drug-likeness (QED) is 0.862. The summed E-state index contributed by atoms with van der Waals surface area (Å²) in [4.78, 5) is 27.5. The molecule has 0 saturated carbocycles. The van der Waals surface area contributed by atoms with E-state index in [0.29, 0.717) is 10.7 Å². The number of nitrogens with one attached hydrogen (secondary N) is 1. The van der Waals surface area contributed by atoms with Gasteiger partial charge >= 0.3 is 0 Å². The molecule has 6 heteroatoms. The van der Waals surface area contributed by atoms with Crippen LogP contribution in [-0.4, -0.2) is 16.7 Å². The van der Waals surface area contributed by atoms with Gasteiger partial charge in [0, 0.05) is 11.6 Å². The Labute approximate surface area is 113 Å². The number of benzene rings is 1. The van der Waals surface area contributed by atoms with Crippen molar-refractivity contribution in [2.75, 3.05) is 5.32 Å². The lowest BCUT2D eigenvalue weighted by atomic mass is 9.96. The summed E-state index contributed by atoms with van der Waals surface area (Å²) in [5.41, 5.74) is 0.504. The first-order chi connectivity index (χ1) is 9.22. The lowest BCUT2D eigenvalue weighted by Crippen LogP contribution is -2.27. The Hall–Kier alpha value is -2.52. The van der Waals surface area contributed by atoms with Crippen LogP contribution in [0.2, 0.25) is 0 Å². The van der Waals surface area contributed by atoms with Crippen molar-refractivity contribution < 1.29 is 9.59 Å². The van der Waals surface area contributed by atoms with Gasteiger partial charge in [-0.25, -0.2) is 4.98 Å². The molecule has 0 fully saturated rings. The number of carbonyl (C=O) groups excluding carboxylic acids is 2. The van der Waals surface area contributed by atoms with Crippen LogP contribution >= 0.6 is 11.3 Å². The predicted octanol–water partition coefficient (Wildman–Crippen LogP) is 1.96. The third-order valence-corrected chi connectivity index (χ3v) is 3.09. The van der Waals surface area contributed by atoms with Gasteiger partial charge < -0.3 is 0 Å². The third kappa shape index (κ3) is 3.03. The highest BCUT2D eigenvalue weighted by Gasteiger charge is 2.27. The summed E-state index contributed by atoms with van der Waals surface area (Å²) in [5, 5.41) is 13.5. The zero-order valence-electron chi connectivity index (χ0n) is 9.74. The highest BCUT2D eigenvalue weighted by molar-refractivity contribution is 7.13. The van der Waals surface area contributed by atoms with E-state index in [1.807, 2.05) is 6.07 Å². The lowest BCUT2D eigenvalue weighted by Gasteiger charge is -2.07. The summed E-state index contributed by atoms with van der Waals surface area (Å²) in [7, 11) is 0. The second kappa shape index (κ2) is 5.89. The Morgan fingerprint density at radius 3 is 2.63 bits per heavy atom. The van der Waals surface area contributed by atoms with Crippen LogP contribution in [0.3, 0.4) is 0 Å². The van der Waals surface area contributed by atoms with E-state index in [4.69, 9.17) is 5.26 Å². The predicted molar refractivity (Wildman–Crippen MR) is 70.5 cm³/mol. The molecule has 2 rings (SSSR count). The third-order valence-electron chi connectivity index (χ3n) is 2.40. The molecule has 1 heterocycles. The summed E-state index contributed by atoms with van der Waals surface area (Å²) >= 11 is 1.21. The van der Waals surface area contributed by atoms with E-state index in [2.05, 4.69) is 10.3 Å². The van der Waals surface area contributed by atoms with E-state index < -0.39 is 17.6 Å². The summed E-state index contributed by atoms with van der Waals surface area (Å²) in [5.74, 6) is -2.71. The Kier molecular flexibility index (Phi) is 4.00. The molecule has 0 aliphatic rings. The van der Waals surface area contributed by atoms with Crippen LogP contribution in [0.1, 0.15) is 11.5 Å². The molecule has 0 saturated heterocycles. The minimum absolute atomic E-state index is 0.336. The molecule has 19 heavy (non-hydrogen) atoms. The molecule has 2 aromatic rings. The Bertz CT molecular complexity index is 617. The maximum atomic E-state index is 11.9. The molecule has 1 amide bonds. The number of Topliss-reactive ketones (excluding diaryl/α,β-unsaturated/α-hetero) is 1. The van der Waals surface area contributed by atoms with Crippen molar-refractivity contribution in [1.82, 2.24) is 4.98 Å². The van der Waals surface area contributed by atoms with Crippen molar-refractivity contribution in [3.63, 3.8) is 0 Å². The number of nitrogens with zero attached hydrogens (tertiary/aromatic N) is 2. The Morgan fingerprint density at radius 2 is 2.05 bits per heavy atom. The van der Waals surface area contributed by atoms with Gasteiger partial charge in [0.25, 0.3) is 5.91 Å². The number of carbonyl (C=O) groups is 2. The first kappa shape index (κ1) is 12.9. The number of aromatic nitrogens is 1. The molecule has 94 valence electrons. The van der Waals surface area contributed by atoms with Gasteiger partial charge in [-0.3, -0.25) is 14.9 Å². The fourth-order valence-corrected chi connectivity index (χ4v) is 2.03. The maximum Gasteiger partial charge on any atom is 0.295 e. The number of hydrogen-bond donors (Lipinski definition) is 1. The number of amides is 1. The van der Waals surface area contributed by atoms with Gasteiger partial charge in [-0.15, -0.1) is 11.3 Å².